The molecule has 0 heterocycles. The molecule has 0 aromatic carbocycles. The van der Waals surface area contributed by atoms with Gasteiger partial charge in [-0.25, -0.2) is 0 Å². The van der Waals surface area contributed by atoms with Crippen LogP contribution in [-0.4, -0.2) is 18.9 Å². The zero-order valence-corrected chi connectivity index (χ0v) is 21.6. The highest BCUT2D eigenvalue weighted by molar-refractivity contribution is 5.78. The highest BCUT2D eigenvalue weighted by Gasteiger charge is 2.01. The summed E-state index contributed by atoms with van der Waals surface area (Å²) in [5.41, 5.74) is 0. The number of ether oxygens (including phenoxy) is 1. The number of methoxy groups -OCH3 is 1. The zero-order chi connectivity index (χ0) is 23.5. The molecule has 0 atom stereocenters. The van der Waals surface area contributed by atoms with Crippen molar-refractivity contribution < 1.29 is 14.3 Å². The number of rotatable bonds is 25. The standard InChI is InChI=1S/C29H54O3/c1-3-4-5-6-16-19-22-25-28(30)26-23-20-17-14-12-10-8-7-9-11-13-15-18-21-24-27-29(31)32-2/h16,19H,3-15,17-18,20-27H2,1-2H3. The van der Waals surface area contributed by atoms with Crippen LogP contribution < -0.4 is 0 Å². The molecular weight excluding hydrogens is 396 g/mol. The third kappa shape index (κ3) is 25.1. The first-order chi connectivity index (χ1) is 15.7. The average molecular weight is 451 g/mol. The molecule has 0 N–H and O–H groups in total. The second-order valence-corrected chi connectivity index (χ2v) is 9.42. The van der Waals surface area contributed by atoms with Gasteiger partial charge in [0.25, 0.3) is 0 Å². The van der Waals surface area contributed by atoms with Crippen molar-refractivity contribution in [2.24, 2.45) is 0 Å². The maximum absolute atomic E-state index is 11.9. The lowest BCUT2D eigenvalue weighted by Crippen LogP contribution is -1.99. The van der Waals surface area contributed by atoms with Crippen molar-refractivity contribution in [3.63, 3.8) is 0 Å². The van der Waals surface area contributed by atoms with Crippen LogP contribution in [0.1, 0.15) is 155 Å². The monoisotopic (exact) mass is 450 g/mol. The predicted octanol–water partition coefficient (Wildman–Crippen LogP) is 9.28. The van der Waals surface area contributed by atoms with Crippen molar-refractivity contribution in [1.82, 2.24) is 0 Å². The smallest absolute Gasteiger partial charge is 0.305 e. The van der Waals surface area contributed by atoms with E-state index in [4.69, 9.17) is 0 Å². The molecule has 0 aromatic rings. The van der Waals surface area contributed by atoms with Crippen molar-refractivity contribution >= 4 is 11.8 Å². The van der Waals surface area contributed by atoms with Gasteiger partial charge < -0.3 is 4.74 Å². The van der Waals surface area contributed by atoms with Crippen LogP contribution in [0.2, 0.25) is 0 Å². The first-order valence-corrected chi connectivity index (χ1v) is 13.9. The Bertz CT molecular complexity index is 442. The normalized spacial score (nSPS) is 11.3. The van der Waals surface area contributed by atoms with E-state index in [1.54, 1.807) is 0 Å². The Morgan fingerprint density at radius 3 is 1.44 bits per heavy atom. The van der Waals surface area contributed by atoms with Crippen molar-refractivity contribution in [2.75, 3.05) is 7.11 Å². The molecule has 0 aliphatic rings. The van der Waals surface area contributed by atoms with E-state index < -0.39 is 0 Å². The van der Waals surface area contributed by atoms with Crippen LogP contribution in [0.15, 0.2) is 12.2 Å². The Balaban J connectivity index is 3.18. The zero-order valence-electron chi connectivity index (χ0n) is 21.6. The topological polar surface area (TPSA) is 43.4 Å². The quantitative estimate of drug-likeness (QED) is 0.0790. The van der Waals surface area contributed by atoms with Crippen LogP contribution in [0.4, 0.5) is 0 Å². The molecule has 0 saturated heterocycles. The number of esters is 1. The van der Waals surface area contributed by atoms with Crippen LogP contribution in [0.5, 0.6) is 0 Å². The van der Waals surface area contributed by atoms with Crippen LogP contribution in [0.25, 0.3) is 0 Å². The summed E-state index contributed by atoms with van der Waals surface area (Å²) in [4.78, 5) is 22.9. The van der Waals surface area contributed by atoms with Crippen molar-refractivity contribution in [3.05, 3.63) is 12.2 Å². The number of allylic oxidation sites excluding steroid dienone is 2. The summed E-state index contributed by atoms with van der Waals surface area (Å²) in [5, 5.41) is 0. The molecule has 0 fully saturated rings. The fourth-order valence-electron chi connectivity index (χ4n) is 4.11. The number of ketones is 1. The number of Topliss-reactive ketones (excluding diaryl/α,β-unsaturated/α-hetero) is 1. The highest BCUT2D eigenvalue weighted by Crippen LogP contribution is 2.14. The van der Waals surface area contributed by atoms with Gasteiger partial charge in [-0.1, -0.05) is 115 Å². The summed E-state index contributed by atoms with van der Waals surface area (Å²) in [6, 6.07) is 0. The molecule has 0 aliphatic carbocycles. The van der Waals surface area contributed by atoms with Crippen LogP contribution in [0, 0.1) is 0 Å². The first-order valence-electron chi connectivity index (χ1n) is 13.9. The second-order valence-electron chi connectivity index (χ2n) is 9.42. The van der Waals surface area contributed by atoms with Gasteiger partial charge in [-0.05, 0) is 32.1 Å². The van der Waals surface area contributed by atoms with Crippen molar-refractivity contribution in [3.8, 4) is 0 Å². The summed E-state index contributed by atoms with van der Waals surface area (Å²) < 4.78 is 4.66. The number of carbonyl (C=O) groups excluding carboxylic acids is 2. The fourth-order valence-corrected chi connectivity index (χ4v) is 4.11. The van der Waals surface area contributed by atoms with Gasteiger partial charge >= 0.3 is 5.97 Å². The molecule has 0 aromatic heterocycles. The highest BCUT2D eigenvalue weighted by atomic mass is 16.5. The molecule has 0 aliphatic heterocycles. The lowest BCUT2D eigenvalue weighted by atomic mass is 10.0. The van der Waals surface area contributed by atoms with Gasteiger partial charge in [-0.15, -0.1) is 0 Å². The van der Waals surface area contributed by atoms with Crippen LogP contribution in [0.3, 0.4) is 0 Å². The molecule has 0 saturated carbocycles. The second kappa shape index (κ2) is 26.1. The number of hydrogen-bond donors (Lipinski definition) is 0. The molecule has 0 spiro atoms. The third-order valence-electron chi connectivity index (χ3n) is 6.30. The van der Waals surface area contributed by atoms with Gasteiger partial charge in [-0.2, -0.15) is 0 Å². The molecule has 0 bridgehead atoms. The van der Waals surface area contributed by atoms with Gasteiger partial charge in [0, 0.05) is 19.3 Å². The minimum atomic E-state index is -0.0768. The Morgan fingerprint density at radius 1 is 0.531 bits per heavy atom. The number of carbonyl (C=O) groups is 2. The molecule has 0 radical (unpaired) electrons. The maximum atomic E-state index is 11.9. The summed E-state index contributed by atoms with van der Waals surface area (Å²) in [6.07, 6.45) is 31.7. The van der Waals surface area contributed by atoms with Gasteiger partial charge in [0.2, 0.25) is 0 Å². The maximum Gasteiger partial charge on any atom is 0.305 e. The SMILES string of the molecule is CCCCCC=CCCC(=O)CCCCCCCCCCCCCCCCCC(=O)OC. The fraction of sp³-hybridized carbons (Fsp3) is 0.862. The summed E-state index contributed by atoms with van der Waals surface area (Å²) in [5.74, 6) is 0.372. The predicted molar refractivity (Wildman–Crippen MR) is 138 cm³/mol. The molecule has 0 unspecified atom stereocenters. The summed E-state index contributed by atoms with van der Waals surface area (Å²) in [7, 11) is 1.46. The Morgan fingerprint density at radius 2 is 0.969 bits per heavy atom. The minimum absolute atomic E-state index is 0.0768. The van der Waals surface area contributed by atoms with Crippen LogP contribution in [-0.2, 0) is 14.3 Å². The lowest BCUT2D eigenvalue weighted by Gasteiger charge is -2.04. The van der Waals surface area contributed by atoms with Crippen molar-refractivity contribution in [2.45, 2.75) is 155 Å². The van der Waals surface area contributed by atoms with Crippen molar-refractivity contribution in [1.29, 1.82) is 0 Å². The third-order valence-corrected chi connectivity index (χ3v) is 6.30. The van der Waals surface area contributed by atoms with E-state index in [0.717, 1.165) is 38.5 Å². The number of unbranched alkanes of at least 4 members (excludes halogenated alkanes) is 17. The van der Waals surface area contributed by atoms with E-state index in [2.05, 4.69) is 23.8 Å². The molecule has 32 heavy (non-hydrogen) atoms. The molecule has 0 amide bonds. The average Bonchev–Trinajstić information content (AvgIpc) is 2.80. The molecular formula is C29H54O3. The molecule has 0 rings (SSSR count). The summed E-state index contributed by atoms with van der Waals surface area (Å²) in [6.45, 7) is 2.23. The first kappa shape index (κ1) is 30.9. The van der Waals surface area contributed by atoms with Gasteiger partial charge in [-0.3, -0.25) is 9.59 Å². The Labute approximate surface area is 200 Å². The van der Waals surface area contributed by atoms with Gasteiger partial charge in [0.05, 0.1) is 7.11 Å². The Kier molecular flexibility index (Phi) is 25.2. The molecule has 188 valence electrons. The van der Waals surface area contributed by atoms with E-state index >= 15 is 0 Å². The largest absolute Gasteiger partial charge is 0.469 e. The van der Waals surface area contributed by atoms with E-state index in [1.165, 1.54) is 110 Å². The Hall–Kier alpha value is -1.12. The van der Waals surface area contributed by atoms with E-state index in [0.29, 0.717) is 12.2 Å². The molecule has 3 nitrogen and oxygen atoms in total. The molecule has 3 heteroatoms. The number of hydrogen-bond acceptors (Lipinski definition) is 3. The summed E-state index contributed by atoms with van der Waals surface area (Å²) >= 11 is 0. The van der Waals surface area contributed by atoms with E-state index in [-0.39, 0.29) is 5.97 Å². The van der Waals surface area contributed by atoms with Crippen LogP contribution >= 0.6 is 0 Å². The minimum Gasteiger partial charge on any atom is -0.469 e. The van der Waals surface area contributed by atoms with Gasteiger partial charge in [0.1, 0.15) is 5.78 Å². The van der Waals surface area contributed by atoms with Gasteiger partial charge in [0.15, 0.2) is 0 Å². The lowest BCUT2D eigenvalue weighted by molar-refractivity contribution is -0.140. The van der Waals surface area contributed by atoms with E-state index in [9.17, 15) is 9.59 Å². The van der Waals surface area contributed by atoms with E-state index in [1.807, 2.05) is 0 Å².